The van der Waals surface area contributed by atoms with Crippen LogP contribution in [0.3, 0.4) is 0 Å². The topological polar surface area (TPSA) is 25.3 Å². The Balaban J connectivity index is 0.000000876. The molecule has 1 heterocycles. The summed E-state index contributed by atoms with van der Waals surface area (Å²) in [5.41, 5.74) is 22.1. The third-order valence-corrected chi connectivity index (χ3v) is 17.8. The molecule has 1 aliphatic heterocycles. The molecule has 1 aliphatic rings. The predicted octanol–water partition coefficient (Wildman–Crippen LogP) is 27.3. The van der Waals surface area contributed by atoms with Crippen LogP contribution in [-0.2, 0) is 27.3 Å². The van der Waals surface area contributed by atoms with Crippen molar-refractivity contribution in [1.82, 2.24) is 0 Å². The number of nitrogens with zero attached hydrogens (tertiary/aromatic N) is 2. The molecular formula is C77H132N2Ni. The van der Waals surface area contributed by atoms with Crippen LogP contribution in [0.5, 0.6) is 0 Å². The van der Waals surface area contributed by atoms with E-state index in [1.807, 2.05) is 0 Å². The van der Waals surface area contributed by atoms with Crippen molar-refractivity contribution in [3.8, 4) is 0 Å². The van der Waals surface area contributed by atoms with E-state index in [9.17, 15) is 5.53 Å². The van der Waals surface area contributed by atoms with Crippen LogP contribution >= 0.6 is 0 Å². The molecule has 2 nitrogen and oxygen atoms in total. The minimum atomic E-state index is 1.02. The molecule has 0 N–H and O–H groups in total. The summed E-state index contributed by atoms with van der Waals surface area (Å²) in [7, 11) is 0. The second-order valence-electron chi connectivity index (χ2n) is 24.5. The summed E-state index contributed by atoms with van der Waals surface area (Å²) in [6.45, 7) is 13.7. The predicted molar refractivity (Wildman–Crippen MR) is 356 cm³/mol. The van der Waals surface area contributed by atoms with Gasteiger partial charge in [-0.15, -0.1) is 0 Å². The number of hydrogen-bond donors (Lipinski definition) is 0. The number of unbranched alkanes of at least 4 members (excludes halogenated alkanes) is 41. The number of aryl methyl sites for hydroxylation is 2. The second kappa shape index (κ2) is 55.7. The zero-order valence-corrected chi connectivity index (χ0v) is 55.2. The van der Waals surface area contributed by atoms with Crippen molar-refractivity contribution < 1.29 is 19.1 Å². The maximum Gasteiger partial charge on any atom is 0.211 e. The Morgan fingerprint density at radius 3 is 0.887 bits per heavy atom. The van der Waals surface area contributed by atoms with E-state index in [1.165, 1.54) is 322 Å². The Morgan fingerprint density at radius 1 is 0.312 bits per heavy atom. The van der Waals surface area contributed by atoms with Gasteiger partial charge in [0.2, 0.25) is 11.4 Å². The first kappa shape index (κ1) is 73.6. The van der Waals surface area contributed by atoms with Gasteiger partial charge in [-0.2, -0.15) is 0 Å². The Kier molecular flexibility index (Phi) is 51.2. The monoisotopic (exact) mass is 1140 g/mol. The average Bonchev–Trinajstić information content (AvgIpc) is 3.75. The first-order chi connectivity index (χ1) is 39.6. The molecule has 2 aromatic carbocycles. The van der Waals surface area contributed by atoms with E-state index in [0.717, 1.165) is 49.9 Å². The van der Waals surface area contributed by atoms with Gasteiger partial charge in [0.05, 0.1) is 0 Å². The molecule has 0 aromatic heterocycles. The van der Waals surface area contributed by atoms with Gasteiger partial charge in [-0.25, -0.2) is 4.70 Å². The summed E-state index contributed by atoms with van der Waals surface area (Å²) >= 11 is 1.66. The first-order valence-corrected chi connectivity index (χ1v) is 36.7. The van der Waals surface area contributed by atoms with Crippen molar-refractivity contribution in [3.05, 3.63) is 110 Å². The molecule has 460 valence electrons. The van der Waals surface area contributed by atoms with Crippen molar-refractivity contribution in [2.24, 2.45) is 0 Å². The average molecular weight is 1140 g/mol. The fourth-order valence-corrected chi connectivity index (χ4v) is 12.5. The molecule has 0 bridgehead atoms. The molecule has 0 fully saturated rings. The van der Waals surface area contributed by atoms with Gasteiger partial charge >= 0.3 is 140 Å². The Hall–Kier alpha value is -2.51. The molecule has 0 unspecified atom stereocenters. The number of hydrogen-bond acceptors (Lipinski definition) is 0. The van der Waals surface area contributed by atoms with Gasteiger partial charge in [0, 0.05) is 22.3 Å². The van der Waals surface area contributed by atoms with Crippen LogP contribution in [-0.4, -0.2) is 4.70 Å². The van der Waals surface area contributed by atoms with E-state index < -0.39 is 0 Å². The Bertz CT molecular complexity index is 1820. The molecule has 3 rings (SSSR count). The fraction of sp³-hybridized carbons (Fsp3) is 0.740. The summed E-state index contributed by atoms with van der Waals surface area (Å²) in [6.07, 6.45) is 73.9. The van der Waals surface area contributed by atoms with Crippen molar-refractivity contribution in [1.29, 1.82) is 0 Å². The first-order valence-electron chi connectivity index (χ1n) is 35.5. The molecule has 0 aliphatic carbocycles. The van der Waals surface area contributed by atoms with E-state index in [1.54, 1.807) is 19.1 Å². The van der Waals surface area contributed by atoms with Crippen LogP contribution < -0.4 is 0 Å². The molecular weight excluding hydrogens is 1010 g/mol. The van der Waals surface area contributed by atoms with E-state index >= 15 is 0 Å². The molecule has 0 radical (unpaired) electrons. The number of rotatable bonds is 55. The summed E-state index contributed by atoms with van der Waals surface area (Å²) in [6, 6.07) is 18.1. The summed E-state index contributed by atoms with van der Waals surface area (Å²) in [5, 5.41) is 4.55. The Labute approximate surface area is 506 Å². The summed E-state index contributed by atoms with van der Waals surface area (Å²) < 4.78 is 1.60. The van der Waals surface area contributed by atoms with Crippen molar-refractivity contribution >= 4 is 11.4 Å². The number of allylic oxidation sites excluding steroid dienone is 4. The van der Waals surface area contributed by atoms with Gasteiger partial charge in [-0.05, 0) is 86.8 Å². The maximum absolute atomic E-state index is 12.1. The van der Waals surface area contributed by atoms with E-state index in [2.05, 4.69) is 112 Å². The SMILES string of the molecule is CCCCCCCCC=[CH][Ni][CH]=CCCCCCCCC.CCCCCCCCCCCCCCCCCCCCCCCCCCCCCC1=C(c2cccc(CCCC)c2)[N+](=[N-])C(c2cccc(CCCC)c2)=C1CCCC. The minimum absolute atomic E-state index is 1.02. The van der Waals surface area contributed by atoms with Crippen LogP contribution in [0, 0.1) is 0 Å². The zero-order valence-electron chi connectivity index (χ0n) is 54.2. The fourth-order valence-electron chi connectivity index (χ4n) is 11.8. The molecule has 0 amide bonds. The normalized spacial score (nSPS) is 12.8. The largest absolute Gasteiger partial charge is 0.493 e. The van der Waals surface area contributed by atoms with E-state index in [0.29, 0.717) is 0 Å². The quantitative estimate of drug-likeness (QED) is 0.0358. The third kappa shape index (κ3) is 38.4. The van der Waals surface area contributed by atoms with Gasteiger partial charge < -0.3 is 5.53 Å². The standard InChI is InChI=1S/C57H94N2.2C10H19.Ni/c1-5-9-13-14-15-16-17-18-19-20-21-22-23-24-25-26-27-28-29-30-31-32-33-34-35-36-37-47-55-54(46-12-8-4)56(52-44-38-42-50(48-52)40-10-6-2)59(58)57(55)53-45-39-43-51(49-53)41-11-7-3;2*1-3-5-7-9-10-8-6-4-2;/h38-39,42-45,48-49H,5-37,40-41,46-47H2,1-4H3;2*1,3H,4-10H2,2H3;. The van der Waals surface area contributed by atoms with Crippen molar-refractivity contribution in [2.45, 2.75) is 369 Å². The van der Waals surface area contributed by atoms with Gasteiger partial charge in [-0.3, -0.25) is 0 Å². The van der Waals surface area contributed by atoms with Gasteiger partial charge in [0.1, 0.15) is 0 Å². The van der Waals surface area contributed by atoms with E-state index in [4.69, 9.17) is 0 Å². The van der Waals surface area contributed by atoms with Crippen LogP contribution in [0.25, 0.3) is 16.9 Å². The molecule has 0 saturated carbocycles. The smallest absolute Gasteiger partial charge is 0.211 e. The summed E-state index contributed by atoms with van der Waals surface area (Å²) in [5.74, 6) is 0. The maximum atomic E-state index is 12.1. The molecule has 0 saturated heterocycles. The van der Waals surface area contributed by atoms with Crippen LogP contribution in [0.15, 0.2) is 81.9 Å². The van der Waals surface area contributed by atoms with Crippen LogP contribution in [0.4, 0.5) is 0 Å². The van der Waals surface area contributed by atoms with Gasteiger partial charge in [-0.1, -0.05) is 238 Å². The van der Waals surface area contributed by atoms with E-state index in [-0.39, 0.29) is 0 Å². The van der Waals surface area contributed by atoms with Crippen LogP contribution in [0.2, 0.25) is 0 Å². The number of benzene rings is 2. The summed E-state index contributed by atoms with van der Waals surface area (Å²) in [4.78, 5) is 0. The van der Waals surface area contributed by atoms with Gasteiger partial charge in [0.15, 0.2) is 0 Å². The zero-order chi connectivity index (χ0) is 57.5. The molecule has 3 heteroatoms. The molecule has 80 heavy (non-hydrogen) atoms. The third-order valence-electron chi connectivity index (χ3n) is 16.9. The molecule has 2 aromatic rings. The van der Waals surface area contributed by atoms with Crippen molar-refractivity contribution in [3.63, 3.8) is 0 Å². The minimum Gasteiger partial charge on any atom is -0.493 e. The molecule has 0 atom stereocenters. The Morgan fingerprint density at radius 2 is 0.575 bits per heavy atom. The van der Waals surface area contributed by atoms with Crippen LogP contribution in [0.1, 0.15) is 378 Å². The second-order valence-corrected chi connectivity index (χ2v) is 25.5. The molecule has 0 spiro atoms. The van der Waals surface area contributed by atoms with Crippen molar-refractivity contribution in [2.75, 3.05) is 0 Å². The van der Waals surface area contributed by atoms with Gasteiger partial charge in [0.25, 0.3) is 0 Å².